The molecule has 2 aromatic carbocycles. The van der Waals surface area contributed by atoms with Crippen molar-refractivity contribution < 1.29 is 28.2 Å². The molecule has 36 heavy (non-hydrogen) atoms. The van der Waals surface area contributed by atoms with Gasteiger partial charge >= 0.3 is 17.8 Å². The normalized spacial score (nSPS) is 12.3. The van der Waals surface area contributed by atoms with E-state index >= 15 is 0 Å². The highest BCUT2D eigenvalue weighted by Gasteiger charge is 2.29. The number of nitrogens with one attached hydrogen (secondary N) is 2. The second-order valence-corrected chi connectivity index (χ2v) is 8.99. The van der Waals surface area contributed by atoms with Crippen LogP contribution in [-0.2, 0) is 33.8 Å². The first-order chi connectivity index (χ1) is 17.5. The molecule has 0 aliphatic heterocycles. The number of fused-ring (bicyclic) bond motifs is 1. The summed E-state index contributed by atoms with van der Waals surface area (Å²) in [6, 6.07) is 13.1. The van der Waals surface area contributed by atoms with E-state index in [-0.39, 0.29) is 19.0 Å². The molecule has 3 aromatic rings. The maximum Gasteiger partial charge on any atom is 0.341 e. The number of benzene rings is 2. The number of carbonyl (C=O) groups is 3. The molecule has 4 rings (SSSR count). The van der Waals surface area contributed by atoms with Gasteiger partial charge in [0.25, 0.3) is 0 Å². The third-order valence-electron chi connectivity index (χ3n) is 5.45. The summed E-state index contributed by atoms with van der Waals surface area (Å²) in [5.74, 6) is -2.21. The van der Waals surface area contributed by atoms with Crippen LogP contribution in [0.4, 0.5) is 9.39 Å². The van der Waals surface area contributed by atoms with Gasteiger partial charge < -0.3 is 14.8 Å². The van der Waals surface area contributed by atoms with Crippen LogP contribution in [0.25, 0.3) is 0 Å². The van der Waals surface area contributed by atoms with E-state index in [0.717, 1.165) is 29.7 Å². The number of nitrogens with zero attached hydrogens (tertiary/aromatic N) is 1. The molecule has 0 fully saturated rings. The van der Waals surface area contributed by atoms with Gasteiger partial charge in [0.05, 0.1) is 18.4 Å². The van der Waals surface area contributed by atoms with Gasteiger partial charge in [0.1, 0.15) is 23.2 Å². The predicted octanol–water partition coefficient (Wildman–Crippen LogP) is 4.22. The average molecular weight is 510 g/mol. The number of hydrazone groups is 1. The highest BCUT2D eigenvalue weighted by atomic mass is 32.1. The van der Waals surface area contributed by atoms with Crippen LogP contribution in [0.1, 0.15) is 45.3 Å². The molecular weight excluding hydrogens is 485 g/mol. The van der Waals surface area contributed by atoms with Crippen molar-refractivity contribution in [3.8, 4) is 5.75 Å². The monoisotopic (exact) mass is 509 g/mol. The summed E-state index contributed by atoms with van der Waals surface area (Å²) in [5.41, 5.74) is 4.48. The molecule has 2 N–H and O–H groups in total. The Kier molecular flexibility index (Phi) is 8.06. The Morgan fingerprint density at radius 2 is 1.86 bits per heavy atom. The Morgan fingerprint density at radius 1 is 1.08 bits per heavy atom. The highest BCUT2D eigenvalue weighted by molar-refractivity contribution is 7.17. The fourth-order valence-corrected chi connectivity index (χ4v) is 4.99. The summed E-state index contributed by atoms with van der Waals surface area (Å²) >= 11 is 1.29. The van der Waals surface area contributed by atoms with Crippen molar-refractivity contribution in [3.63, 3.8) is 0 Å². The summed E-state index contributed by atoms with van der Waals surface area (Å²) in [7, 11) is 0. The van der Waals surface area contributed by atoms with Crippen molar-refractivity contribution in [1.82, 2.24) is 5.43 Å². The number of carbonyl (C=O) groups excluding carboxylic acids is 3. The number of anilines is 1. The van der Waals surface area contributed by atoms with Gasteiger partial charge in [-0.2, -0.15) is 5.10 Å². The van der Waals surface area contributed by atoms with Crippen LogP contribution in [0.3, 0.4) is 0 Å². The summed E-state index contributed by atoms with van der Waals surface area (Å²) < 4.78 is 24.4. The topological polar surface area (TPSA) is 106 Å². The molecule has 186 valence electrons. The minimum Gasteiger partial charge on any atom is -0.489 e. The SMILES string of the molecule is CCOC(=O)c1c(NC(=O)C(=O)N/N=C/c2ccc(OCc3ccccc3F)cc2)sc2c1CCC2. The smallest absolute Gasteiger partial charge is 0.341 e. The van der Waals surface area contributed by atoms with Crippen LogP contribution in [0.2, 0.25) is 0 Å². The number of thiophene rings is 1. The first kappa shape index (κ1) is 25.1. The van der Waals surface area contributed by atoms with E-state index in [0.29, 0.717) is 27.4 Å². The first-order valence-electron chi connectivity index (χ1n) is 11.4. The van der Waals surface area contributed by atoms with Crippen molar-refractivity contribution in [3.05, 3.63) is 81.5 Å². The molecule has 0 saturated heterocycles. The van der Waals surface area contributed by atoms with Gasteiger partial charge in [0, 0.05) is 10.4 Å². The lowest BCUT2D eigenvalue weighted by atomic mass is 10.1. The third-order valence-corrected chi connectivity index (χ3v) is 6.65. The van der Waals surface area contributed by atoms with Crippen LogP contribution >= 0.6 is 11.3 Å². The van der Waals surface area contributed by atoms with E-state index in [1.807, 2.05) is 0 Å². The predicted molar refractivity (Wildman–Crippen MR) is 134 cm³/mol. The van der Waals surface area contributed by atoms with Crippen LogP contribution in [0.15, 0.2) is 53.6 Å². The van der Waals surface area contributed by atoms with E-state index in [9.17, 15) is 18.8 Å². The number of aryl methyl sites for hydroxylation is 1. The van der Waals surface area contributed by atoms with Crippen molar-refractivity contribution >= 4 is 40.3 Å². The molecule has 1 aliphatic rings. The maximum absolute atomic E-state index is 13.7. The lowest BCUT2D eigenvalue weighted by Crippen LogP contribution is -2.32. The van der Waals surface area contributed by atoms with Crippen LogP contribution < -0.4 is 15.5 Å². The minimum absolute atomic E-state index is 0.0936. The minimum atomic E-state index is -0.973. The van der Waals surface area contributed by atoms with Gasteiger partial charge in [-0.15, -0.1) is 11.3 Å². The summed E-state index contributed by atoms with van der Waals surface area (Å²) in [6.07, 6.45) is 3.87. The summed E-state index contributed by atoms with van der Waals surface area (Å²) in [4.78, 5) is 38.0. The molecule has 0 spiro atoms. The summed E-state index contributed by atoms with van der Waals surface area (Å²) in [6.45, 7) is 2.02. The fraction of sp³-hybridized carbons (Fsp3) is 0.231. The molecule has 0 bridgehead atoms. The Hall–Kier alpha value is -4.05. The highest BCUT2D eigenvalue weighted by Crippen LogP contribution is 2.39. The van der Waals surface area contributed by atoms with Crippen molar-refractivity contribution in [2.45, 2.75) is 32.8 Å². The average Bonchev–Trinajstić information content (AvgIpc) is 3.45. The van der Waals surface area contributed by atoms with Crippen molar-refractivity contribution in [2.24, 2.45) is 5.10 Å². The van der Waals surface area contributed by atoms with E-state index in [1.54, 1.807) is 49.4 Å². The molecule has 1 heterocycles. The molecule has 8 nitrogen and oxygen atoms in total. The lowest BCUT2D eigenvalue weighted by molar-refractivity contribution is -0.136. The lowest BCUT2D eigenvalue weighted by Gasteiger charge is -2.07. The number of hydrogen-bond acceptors (Lipinski definition) is 7. The Balaban J connectivity index is 1.31. The number of esters is 1. The van der Waals surface area contributed by atoms with Gasteiger partial charge in [-0.1, -0.05) is 18.2 Å². The van der Waals surface area contributed by atoms with Crippen LogP contribution in [-0.4, -0.2) is 30.6 Å². The van der Waals surface area contributed by atoms with Crippen molar-refractivity contribution in [2.75, 3.05) is 11.9 Å². The van der Waals surface area contributed by atoms with Crippen LogP contribution in [0.5, 0.6) is 5.75 Å². The third kappa shape index (κ3) is 5.95. The molecule has 0 unspecified atom stereocenters. The molecule has 0 saturated carbocycles. The van der Waals surface area contributed by atoms with E-state index < -0.39 is 17.8 Å². The Labute approximate surface area is 211 Å². The molecule has 2 amide bonds. The van der Waals surface area contributed by atoms with Gasteiger partial charge in [-0.05, 0) is 67.6 Å². The molecule has 1 aliphatic carbocycles. The maximum atomic E-state index is 13.7. The van der Waals surface area contributed by atoms with Crippen LogP contribution in [0, 0.1) is 5.82 Å². The van der Waals surface area contributed by atoms with E-state index in [4.69, 9.17) is 9.47 Å². The van der Waals surface area contributed by atoms with E-state index in [1.165, 1.54) is 23.6 Å². The van der Waals surface area contributed by atoms with E-state index in [2.05, 4.69) is 15.8 Å². The summed E-state index contributed by atoms with van der Waals surface area (Å²) in [5, 5.41) is 6.64. The Bertz CT molecular complexity index is 1300. The van der Waals surface area contributed by atoms with Crippen molar-refractivity contribution in [1.29, 1.82) is 0 Å². The molecule has 0 radical (unpaired) electrons. The van der Waals surface area contributed by atoms with Gasteiger partial charge in [0.15, 0.2) is 0 Å². The zero-order valence-corrected chi connectivity index (χ0v) is 20.3. The number of hydrogen-bond donors (Lipinski definition) is 2. The number of rotatable bonds is 8. The zero-order chi connectivity index (χ0) is 25.5. The number of ether oxygens (including phenoxy) is 2. The first-order valence-corrected chi connectivity index (χ1v) is 12.2. The second kappa shape index (κ2) is 11.6. The quantitative estimate of drug-likeness (QED) is 0.205. The van der Waals surface area contributed by atoms with Gasteiger partial charge in [-0.25, -0.2) is 14.6 Å². The number of halogens is 1. The van der Waals surface area contributed by atoms with Gasteiger partial charge in [-0.3, -0.25) is 9.59 Å². The molecule has 10 heteroatoms. The largest absolute Gasteiger partial charge is 0.489 e. The zero-order valence-electron chi connectivity index (χ0n) is 19.5. The molecule has 0 atom stereocenters. The fourth-order valence-electron chi connectivity index (χ4n) is 3.71. The Morgan fingerprint density at radius 3 is 2.61 bits per heavy atom. The molecule has 1 aromatic heterocycles. The van der Waals surface area contributed by atoms with Gasteiger partial charge in [0.2, 0.25) is 0 Å². The number of amides is 2. The standard InChI is InChI=1S/C26H24FN3O5S/c1-2-34-26(33)22-19-7-5-9-21(19)36-25(22)29-23(31)24(32)30-28-14-16-10-12-18(13-11-16)35-15-17-6-3-4-8-20(17)27/h3-4,6,8,10-14H,2,5,7,9,15H2,1H3,(H,29,31)(H,30,32)/b28-14+. The second-order valence-electron chi connectivity index (χ2n) is 7.88. The molecular formula is C26H24FN3O5S.